The molecule has 0 aliphatic carbocycles. The number of rotatable bonds is 55. The van der Waals surface area contributed by atoms with E-state index >= 15 is 0 Å². The van der Waals surface area contributed by atoms with Crippen LogP contribution in [0.5, 0.6) is 11.5 Å². The number of nitrogens with one attached hydrogen (secondary N) is 17. The number of aromatic nitrogens is 2. The number of H-pyrrole nitrogens is 1. The monoisotopic (exact) mass is 1970 g/mol. The van der Waals surface area contributed by atoms with Gasteiger partial charge in [0.05, 0.1) is 56.9 Å². The summed E-state index contributed by atoms with van der Waals surface area (Å²) in [5.74, 6) is -23.4. The summed E-state index contributed by atoms with van der Waals surface area (Å²) >= 11 is 0. The Hall–Kier alpha value is -14.2. The Labute approximate surface area is 806 Å². The number of carbonyl (C=O) groups is 20. The number of nitrogens with two attached hydrogens (primary N) is 3. The molecular weight excluding hydrogens is 1840 g/mol. The summed E-state index contributed by atoms with van der Waals surface area (Å²) in [6.07, 6.45) is -1.39. The molecule has 2 aromatic carbocycles. The van der Waals surface area contributed by atoms with E-state index in [-0.39, 0.29) is 126 Å². The Morgan fingerprint density at radius 1 is 0.450 bits per heavy atom. The fraction of sp³-hybridized carbons (Fsp3) is 0.596. The van der Waals surface area contributed by atoms with Crippen LogP contribution in [0.4, 0.5) is 0 Å². The fourth-order valence-electron chi connectivity index (χ4n) is 15.8. The van der Waals surface area contributed by atoms with Gasteiger partial charge in [-0.15, -0.1) is 0 Å². The van der Waals surface area contributed by atoms with Gasteiger partial charge in [0.1, 0.15) is 102 Å². The number of hydrogen-bond acceptors (Lipinski definition) is 28. The molecule has 51 heteroatoms. The van der Waals surface area contributed by atoms with Gasteiger partial charge in [-0.25, -0.2) is 9.78 Å². The number of carbonyl (C=O) groups excluding carboxylic acids is 18. The molecule has 30 N–H and O–H groups in total. The Kier molecular flexibility index (Phi) is 45.3. The number of likely N-dealkylation sites (tertiary alicyclic amines) is 3. The highest BCUT2D eigenvalue weighted by Crippen LogP contribution is 2.26. The first-order chi connectivity index (χ1) is 66.0. The number of guanidine groups is 1. The van der Waals surface area contributed by atoms with Crippen LogP contribution in [0.2, 0.25) is 0 Å². The molecule has 0 bridgehead atoms. The van der Waals surface area contributed by atoms with Crippen molar-refractivity contribution in [2.45, 2.75) is 261 Å². The number of phenolic OH excluding ortho intramolecular Hbond substituents is 2. The SMILES string of the molecule is CC(C)C[C@H](NC(=O)CNC(=O)[C@H](Cc1ccc(O)cc1)NC(=O)[C@@H]1CCCN1C(=O)[C@@H](NC(=O)[C@@H](NC(=O)[C@H](Cc1c[nH]cn1)NC(=O)[C@H](CCC(=O)O)NC(=O)[C@@H]1CCCN1C(=O)[C@@H](NC(=O)[C@H](CC(N)=O)NC(=O)[C@@H](NC(=O)[C@@H](N)Cc1ccc(O)cc1)C(C)C)[C@@H](C)O)C(C)C)C(C)C)C(=O)NCC(=O)N[C@@H](CO)C(=O)N1CCC[C@H]1C(=O)N[C@@H](CCCNC(=N)N)C(=O)N[C@@H](CO)C(=O)O. The number of aliphatic hydroxyl groups excluding tert-OH is 3. The lowest BCUT2D eigenvalue weighted by Gasteiger charge is -2.33. The smallest absolute Gasteiger partial charge is 0.328 e. The molecule has 4 heterocycles. The number of nitrogens with zero attached hydrogens (tertiary/aromatic N) is 4. The van der Waals surface area contributed by atoms with Gasteiger partial charge >= 0.3 is 11.9 Å². The lowest BCUT2D eigenvalue weighted by atomic mass is 9.98. The number of phenols is 2. The van der Waals surface area contributed by atoms with E-state index < -0.39 is 291 Å². The summed E-state index contributed by atoms with van der Waals surface area (Å²) in [4.78, 5) is 287. The van der Waals surface area contributed by atoms with Crippen molar-refractivity contribution in [3.63, 3.8) is 0 Å². The maximum Gasteiger partial charge on any atom is 0.328 e. The summed E-state index contributed by atoms with van der Waals surface area (Å²) in [5, 5.41) is 115. The van der Waals surface area contributed by atoms with Crippen molar-refractivity contribution in [1.82, 2.24) is 104 Å². The molecule has 0 saturated carbocycles. The number of benzene rings is 2. The van der Waals surface area contributed by atoms with Crippen molar-refractivity contribution >= 4 is 124 Å². The largest absolute Gasteiger partial charge is 0.508 e. The van der Waals surface area contributed by atoms with Crippen molar-refractivity contribution < 1.29 is 132 Å². The molecule has 140 heavy (non-hydrogen) atoms. The minimum Gasteiger partial charge on any atom is -0.508 e. The highest BCUT2D eigenvalue weighted by molar-refractivity contribution is 6.02. The van der Waals surface area contributed by atoms with Crippen molar-refractivity contribution in [3.8, 4) is 11.5 Å². The molecule has 3 aromatic rings. The van der Waals surface area contributed by atoms with Gasteiger partial charge in [-0.1, -0.05) is 79.7 Å². The van der Waals surface area contributed by atoms with E-state index in [4.69, 9.17) is 22.6 Å². The molecule has 3 aliphatic heterocycles. The molecule has 3 saturated heterocycles. The zero-order valence-corrected chi connectivity index (χ0v) is 79.5. The van der Waals surface area contributed by atoms with Gasteiger partial charge in [0, 0.05) is 51.6 Å². The standard InChI is InChI=1S/C89H134N24O27/c1-43(2)32-56(74(125)96-39-67(121)100-60(40-114)85(136)111-29-11-15-62(111)80(131)101-54(14-10-28-95-89(92)93)76(127)106-61(41-115)88(139)140)99-66(120)38-97-75(126)57(34-49-20-24-52(118)25-21-49)104-82(133)64-17-12-30-112(64)86(137)71(46(7)8)109-84(135)70(45(5)6)108-78(129)58(35-50-37-94-42-98-50)103-77(128)55(26-27-68(122)123)102-81(132)63-16-13-31-113(63)87(138)72(47(9)116)110-79(130)59(36-65(91)119)105-83(134)69(44(3)4)107-73(124)53(90)33-48-18-22-51(117)23-19-48/h18-25,37,42-47,53-64,69-72,114-118H,10-17,26-36,38-41,90H2,1-9H3,(H2,91,119)(H,94,98)(H,96,125)(H,97,126)(H,99,120)(H,100,121)(H,101,131)(H,102,132)(H,103,128)(H,104,133)(H,105,134)(H,106,127)(H,107,124)(H,108,129)(H,109,135)(H,110,130)(H,122,123)(H,139,140)(H4,92,93,95)/t47-,53+,54+,55+,56+,57+,58+,59+,60+,61+,62+,63+,64+,69+,70+,71+,72+/m1/s1. The summed E-state index contributed by atoms with van der Waals surface area (Å²) in [5.41, 5.74) is 18.2. The molecular formula is C89H134N24O27. The van der Waals surface area contributed by atoms with Crippen LogP contribution >= 0.6 is 0 Å². The molecule has 1 aromatic heterocycles. The minimum atomic E-state index is -1.89. The third-order valence-electron chi connectivity index (χ3n) is 23.4. The number of primary amides is 1. The van der Waals surface area contributed by atoms with E-state index in [9.17, 15) is 132 Å². The normalized spacial score (nSPS) is 17.6. The quantitative estimate of drug-likeness (QED) is 0.0142. The number of imidazole rings is 1. The molecule has 3 fully saturated rings. The number of aliphatic hydroxyl groups is 3. The lowest BCUT2D eigenvalue weighted by Crippen LogP contribution is -2.62. The van der Waals surface area contributed by atoms with Gasteiger partial charge in [-0.3, -0.25) is 96.5 Å². The predicted octanol–water partition coefficient (Wildman–Crippen LogP) is -8.33. The van der Waals surface area contributed by atoms with Gasteiger partial charge in [0.25, 0.3) is 0 Å². The number of aromatic hydroxyl groups is 2. The number of carboxylic acids is 2. The third-order valence-corrected chi connectivity index (χ3v) is 23.4. The molecule has 0 radical (unpaired) electrons. The van der Waals surface area contributed by atoms with E-state index in [1.165, 1.54) is 53.8 Å². The molecule has 772 valence electrons. The zero-order valence-electron chi connectivity index (χ0n) is 79.5. The second-order valence-electron chi connectivity index (χ2n) is 36.1. The van der Waals surface area contributed by atoms with Gasteiger partial charge in [-0.2, -0.15) is 0 Å². The van der Waals surface area contributed by atoms with Gasteiger partial charge in [0.15, 0.2) is 5.96 Å². The molecule has 17 atom stereocenters. The fourth-order valence-corrected chi connectivity index (χ4v) is 15.8. The van der Waals surface area contributed by atoms with Crippen molar-refractivity contribution in [3.05, 3.63) is 77.9 Å². The second-order valence-corrected chi connectivity index (χ2v) is 36.1. The minimum absolute atomic E-state index is 0.00450. The van der Waals surface area contributed by atoms with Crippen molar-refractivity contribution in [1.29, 1.82) is 5.41 Å². The summed E-state index contributed by atoms with van der Waals surface area (Å²) in [6.45, 7) is 10.1. The first-order valence-corrected chi connectivity index (χ1v) is 46.1. The van der Waals surface area contributed by atoms with Gasteiger partial charge in [-0.05, 0) is 137 Å². The molecule has 51 nitrogen and oxygen atoms in total. The van der Waals surface area contributed by atoms with E-state index in [1.807, 2.05) is 0 Å². The average molecular weight is 1970 g/mol. The van der Waals surface area contributed by atoms with Crippen LogP contribution in [0, 0.1) is 29.1 Å². The molecule has 18 amide bonds. The maximum absolute atomic E-state index is 15.0. The van der Waals surface area contributed by atoms with Crippen LogP contribution in [0.15, 0.2) is 61.1 Å². The Balaban J connectivity index is 1.09. The number of carboxylic acid groups (broad SMARTS) is 2. The summed E-state index contributed by atoms with van der Waals surface area (Å²) < 4.78 is 0. The average Bonchev–Trinajstić information content (AvgIpc) is 1.62. The number of amides is 18. The summed E-state index contributed by atoms with van der Waals surface area (Å²) in [7, 11) is 0. The predicted molar refractivity (Wildman–Crippen MR) is 495 cm³/mol. The Morgan fingerprint density at radius 3 is 1.31 bits per heavy atom. The molecule has 3 aliphatic rings. The van der Waals surface area contributed by atoms with Crippen LogP contribution in [0.25, 0.3) is 0 Å². The maximum atomic E-state index is 15.0. The van der Waals surface area contributed by atoms with Crippen molar-refractivity contribution in [2.24, 2.45) is 40.9 Å². The van der Waals surface area contributed by atoms with E-state index in [1.54, 1.807) is 67.5 Å². The van der Waals surface area contributed by atoms with E-state index in [2.05, 4.69) is 89.7 Å². The molecule has 0 spiro atoms. The van der Waals surface area contributed by atoms with Crippen LogP contribution in [0.1, 0.15) is 156 Å². The van der Waals surface area contributed by atoms with Gasteiger partial charge < -0.3 is 152 Å². The van der Waals surface area contributed by atoms with Gasteiger partial charge in [0.2, 0.25) is 106 Å². The Bertz CT molecular complexity index is 4850. The number of aliphatic carboxylic acids is 2. The first kappa shape index (κ1) is 114. The van der Waals surface area contributed by atoms with E-state index in [0.717, 1.165) is 16.7 Å². The number of hydrogen-bond donors (Lipinski definition) is 27. The molecule has 0 unspecified atom stereocenters. The topological polar surface area (TPSA) is 804 Å². The number of aromatic amines is 1. The highest BCUT2D eigenvalue weighted by atomic mass is 16.4. The summed E-state index contributed by atoms with van der Waals surface area (Å²) in [6, 6.07) is -12.9. The third kappa shape index (κ3) is 35.6. The zero-order chi connectivity index (χ0) is 104. The van der Waals surface area contributed by atoms with Crippen LogP contribution in [-0.4, -0.2) is 340 Å². The van der Waals surface area contributed by atoms with Crippen LogP contribution in [-0.2, 0) is 115 Å². The van der Waals surface area contributed by atoms with Crippen LogP contribution < -0.4 is 97.0 Å². The van der Waals surface area contributed by atoms with Crippen LogP contribution in [0.3, 0.4) is 0 Å². The van der Waals surface area contributed by atoms with E-state index in [0.29, 0.717) is 11.1 Å². The lowest BCUT2D eigenvalue weighted by molar-refractivity contribution is -0.145. The second kappa shape index (κ2) is 55.4. The first-order valence-electron chi connectivity index (χ1n) is 46.1. The van der Waals surface area contributed by atoms with Crippen molar-refractivity contribution in [2.75, 3.05) is 52.5 Å². The highest BCUT2D eigenvalue weighted by Gasteiger charge is 2.46. The Morgan fingerprint density at radius 2 is 0.857 bits per heavy atom. The molecule has 6 rings (SSSR count).